The van der Waals surface area contributed by atoms with E-state index in [0.717, 1.165) is 0 Å². The van der Waals surface area contributed by atoms with Gasteiger partial charge in [-0.1, -0.05) is 32.3 Å². The van der Waals surface area contributed by atoms with Crippen molar-refractivity contribution in [3.8, 4) is 0 Å². The average molecular weight is 643 g/mol. The van der Waals surface area contributed by atoms with E-state index in [0.29, 0.717) is 32.6 Å². The van der Waals surface area contributed by atoms with Gasteiger partial charge in [0.05, 0.1) is 24.4 Å². The Morgan fingerprint density at radius 1 is 0.744 bits per heavy atom. The third-order valence-electron chi connectivity index (χ3n) is 9.43. The van der Waals surface area contributed by atoms with Gasteiger partial charge >= 0.3 is 24.5 Å². The highest BCUT2D eigenvalue weighted by molar-refractivity contribution is 5.87. The molecule has 3 fully saturated rings. The van der Waals surface area contributed by atoms with Crippen LogP contribution in [0.15, 0.2) is 12.2 Å². The maximum Gasteiger partial charge on any atom is 0.428 e. The van der Waals surface area contributed by atoms with Crippen LogP contribution in [-0.2, 0) is 19.0 Å². The van der Waals surface area contributed by atoms with Crippen molar-refractivity contribution in [2.45, 2.75) is 132 Å². The Hall–Kier alpha value is -1.58. The van der Waals surface area contributed by atoms with E-state index in [4.69, 9.17) is 14.2 Å². The van der Waals surface area contributed by atoms with Crippen molar-refractivity contribution in [2.24, 2.45) is 11.8 Å². The molecule has 0 aromatic carbocycles. The second-order valence-corrected chi connectivity index (χ2v) is 12.7. The van der Waals surface area contributed by atoms with Gasteiger partial charge in [-0.05, 0) is 70.6 Å². The van der Waals surface area contributed by atoms with Gasteiger partial charge in [0.25, 0.3) is 5.60 Å². The van der Waals surface area contributed by atoms with E-state index in [-0.39, 0.29) is 50.5 Å². The largest absolute Gasteiger partial charge is 0.459 e. The molecule has 15 heteroatoms. The summed E-state index contributed by atoms with van der Waals surface area (Å²) in [5.41, 5.74) is -11.1. The normalized spacial score (nSPS) is 28.0. The maximum absolute atomic E-state index is 13.5. The first kappa shape index (κ1) is 35.9. The second-order valence-electron chi connectivity index (χ2n) is 12.7. The smallest absolute Gasteiger partial charge is 0.428 e. The Bertz CT molecular complexity index is 978. The Kier molecular flexibility index (Phi) is 10.3. The van der Waals surface area contributed by atoms with Crippen LogP contribution in [0.2, 0.25) is 0 Å². The number of carbonyl (C=O) groups excluding carboxylic acids is 1. The molecule has 4 atom stereocenters. The fourth-order valence-electron chi connectivity index (χ4n) is 6.70. The van der Waals surface area contributed by atoms with Crippen LogP contribution >= 0.6 is 0 Å². The molecule has 2 N–H and O–H groups in total. The van der Waals surface area contributed by atoms with Gasteiger partial charge in [0.2, 0.25) is 0 Å². The van der Waals surface area contributed by atoms with Crippen LogP contribution in [0.25, 0.3) is 0 Å². The first-order valence-electron chi connectivity index (χ1n) is 14.3. The molecule has 0 aromatic rings. The summed E-state index contributed by atoms with van der Waals surface area (Å²) in [6, 6.07) is 0. The van der Waals surface area contributed by atoms with E-state index >= 15 is 0 Å². The van der Waals surface area contributed by atoms with Crippen LogP contribution in [0.1, 0.15) is 84.5 Å². The average Bonchev–Trinajstić information content (AvgIpc) is 3.55. The summed E-state index contributed by atoms with van der Waals surface area (Å²) in [7, 11) is 0. The van der Waals surface area contributed by atoms with E-state index in [1.807, 2.05) is 0 Å². The van der Waals surface area contributed by atoms with Crippen LogP contribution in [0.3, 0.4) is 0 Å². The minimum atomic E-state index is -6.09. The highest BCUT2D eigenvalue weighted by Gasteiger charge is 2.71. The summed E-state index contributed by atoms with van der Waals surface area (Å²) < 4.78 is 138. The van der Waals surface area contributed by atoms with E-state index in [1.165, 1.54) is 6.92 Å². The third-order valence-corrected chi connectivity index (χ3v) is 9.43. The maximum atomic E-state index is 13.5. The van der Waals surface area contributed by atoms with Gasteiger partial charge in [-0.2, -0.15) is 39.5 Å². The van der Waals surface area contributed by atoms with Gasteiger partial charge in [0.1, 0.15) is 6.10 Å². The van der Waals surface area contributed by atoms with E-state index < -0.39 is 78.1 Å². The number of ether oxygens (including phenoxy) is 3. The molecule has 0 amide bonds. The lowest BCUT2D eigenvalue weighted by Gasteiger charge is -2.50. The number of carbonyl (C=O) groups is 1. The summed E-state index contributed by atoms with van der Waals surface area (Å²) in [6.45, 7) is 2.28. The Morgan fingerprint density at radius 3 is 1.49 bits per heavy atom. The van der Waals surface area contributed by atoms with Crippen molar-refractivity contribution in [3.63, 3.8) is 0 Å². The molecule has 3 aliphatic carbocycles. The van der Waals surface area contributed by atoms with Crippen LogP contribution in [-0.4, -0.2) is 76.4 Å². The second kappa shape index (κ2) is 12.3. The van der Waals surface area contributed by atoms with Gasteiger partial charge in [0, 0.05) is 5.57 Å². The van der Waals surface area contributed by atoms with E-state index in [9.17, 15) is 54.5 Å². The molecule has 0 bridgehead atoms. The molecule has 0 saturated heterocycles. The van der Waals surface area contributed by atoms with Crippen LogP contribution in [0.4, 0.5) is 39.5 Å². The first-order chi connectivity index (χ1) is 19.5. The lowest BCUT2D eigenvalue weighted by Crippen LogP contribution is -2.61. The van der Waals surface area contributed by atoms with Crippen molar-refractivity contribution in [1.82, 2.24) is 0 Å². The summed E-state index contributed by atoms with van der Waals surface area (Å²) in [5.74, 6) is -2.20. The van der Waals surface area contributed by atoms with Gasteiger partial charge in [-0.25, -0.2) is 4.79 Å². The molecule has 0 heterocycles. The fourth-order valence-corrected chi connectivity index (χ4v) is 6.70. The SMILES string of the molecule is C=C(C)C(=O)OC1CC(C2(OCC(C)(O)C(F)(F)F)CCCC2)CC(C2(OCC(O)(C(F)(F)F)C(F)(F)F)CCCC2)C1. The van der Waals surface area contributed by atoms with Crippen LogP contribution in [0.5, 0.6) is 0 Å². The fraction of sp³-hybridized carbons (Fsp3) is 0.893. The highest BCUT2D eigenvalue weighted by atomic mass is 19.4. The molecule has 6 nitrogen and oxygen atoms in total. The minimum absolute atomic E-state index is 0.00231. The van der Waals surface area contributed by atoms with E-state index in [2.05, 4.69) is 6.58 Å². The monoisotopic (exact) mass is 642 g/mol. The first-order valence-corrected chi connectivity index (χ1v) is 14.3. The molecule has 43 heavy (non-hydrogen) atoms. The number of halogens is 9. The molecular weight excluding hydrogens is 603 g/mol. The van der Waals surface area contributed by atoms with Crippen LogP contribution < -0.4 is 0 Å². The molecule has 0 aromatic heterocycles. The topological polar surface area (TPSA) is 85.2 Å². The minimum Gasteiger partial charge on any atom is -0.459 e. The summed E-state index contributed by atoms with van der Waals surface area (Å²) >= 11 is 0. The predicted molar refractivity (Wildman–Crippen MR) is 134 cm³/mol. The highest BCUT2D eigenvalue weighted by Crippen LogP contribution is 2.54. The van der Waals surface area contributed by atoms with Crippen molar-refractivity contribution >= 4 is 5.97 Å². The van der Waals surface area contributed by atoms with Crippen molar-refractivity contribution in [3.05, 3.63) is 12.2 Å². The van der Waals surface area contributed by atoms with Gasteiger partial charge in [0.15, 0.2) is 5.60 Å². The van der Waals surface area contributed by atoms with Crippen molar-refractivity contribution in [1.29, 1.82) is 0 Å². The lowest BCUT2D eigenvalue weighted by atomic mass is 9.65. The number of esters is 1. The molecular formula is C28H39F9O6. The number of alkyl halides is 9. The number of rotatable bonds is 10. The zero-order chi connectivity index (χ0) is 32.7. The molecule has 250 valence electrons. The molecule has 0 spiro atoms. The number of hydrogen-bond acceptors (Lipinski definition) is 6. The molecule has 3 saturated carbocycles. The zero-order valence-electron chi connectivity index (χ0n) is 24.1. The molecule has 0 aliphatic heterocycles. The zero-order valence-corrected chi connectivity index (χ0v) is 24.1. The Labute approximate surface area is 243 Å². The standard InChI is InChI=1S/C28H39F9O6/c1-17(2)21(38)43-20-13-18(23(8-4-5-9-23)41-15-22(3,39)26(29,30)31)12-19(14-20)24(10-6-7-11-24)42-16-25(40,27(32,33)34)28(35,36)37/h18-20,39-40H,1,4-16H2,2-3H3. The quantitative estimate of drug-likeness (QED) is 0.157. The van der Waals surface area contributed by atoms with Crippen molar-refractivity contribution in [2.75, 3.05) is 13.2 Å². The summed E-state index contributed by atoms with van der Waals surface area (Å²) in [6.07, 6.45) is -15.2. The Morgan fingerprint density at radius 2 is 1.14 bits per heavy atom. The van der Waals surface area contributed by atoms with Gasteiger partial charge in [-0.3, -0.25) is 0 Å². The lowest BCUT2D eigenvalue weighted by molar-refractivity contribution is -0.384. The predicted octanol–water partition coefficient (Wildman–Crippen LogP) is 6.72. The number of aliphatic hydroxyl groups is 2. The molecule has 3 rings (SSSR count). The van der Waals surface area contributed by atoms with Gasteiger partial charge in [-0.15, -0.1) is 0 Å². The summed E-state index contributed by atoms with van der Waals surface area (Å²) in [5, 5.41) is 19.8. The van der Waals surface area contributed by atoms with E-state index in [1.54, 1.807) is 0 Å². The molecule has 0 radical (unpaired) electrons. The molecule has 4 unspecified atom stereocenters. The van der Waals surface area contributed by atoms with Crippen molar-refractivity contribution < 1.29 is 68.7 Å². The third kappa shape index (κ3) is 7.46. The summed E-state index contributed by atoms with van der Waals surface area (Å²) in [4.78, 5) is 12.4. The van der Waals surface area contributed by atoms with Gasteiger partial charge < -0.3 is 24.4 Å². The Balaban J connectivity index is 1.97. The van der Waals surface area contributed by atoms with Crippen LogP contribution in [0, 0.1) is 11.8 Å². The number of hydrogen-bond donors (Lipinski definition) is 2. The molecule has 3 aliphatic rings.